The van der Waals surface area contributed by atoms with Crippen molar-refractivity contribution in [2.24, 2.45) is 0 Å². The summed E-state index contributed by atoms with van der Waals surface area (Å²) in [6.45, 7) is 2.92. The monoisotopic (exact) mass is 341 g/mol. The van der Waals surface area contributed by atoms with Crippen molar-refractivity contribution in [3.8, 4) is 0 Å². The Kier molecular flexibility index (Phi) is 4.95. The van der Waals surface area contributed by atoms with E-state index in [1.807, 2.05) is 0 Å². The third-order valence-corrected chi connectivity index (χ3v) is 6.27. The second-order valence-corrected chi connectivity index (χ2v) is 9.57. The number of thiophene rings is 1. The first-order valence-electron chi connectivity index (χ1n) is 5.46. The summed E-state index contributed by atoms with van der Waals surface area (Å²) in [6, 6.07) is 0.264. The number of sulfonamides is 1. The molecule has 0 bridgehead atoms. The quantitative estimate of drug-likeness (QED) is 0.776. The topological polar surface area (TPSA) is 118 Å². The van der Waals surface area contributed by atoms with Crippen LogP contribution in [0, 0.1) is 6.92 Å². The van der Waals surface area contributed by atoms with E-state index in [9.17, 15) is 21.6 Å². The molecule has 2 N–H and O–H groups in total. The highest BCUT2D eigenvalue weighted by molar-refractivity contribution is 7.91. The van der Waals surface area contributed by atoms with E-state index in [4.69, 9.17) is 5.11 Å². The summed E-state index contributed by atoms with van der Waals surface area (Å²) in [5.74, 6) is -1.54. The maximum absolute atomic E-state index is 12.1. The van der Waals surface area contributed by atoms with Gasteiger partial charge in [-0.05, 0) is 19.9 Å². The van der Waals surface area contributed by atoms with Crippen molar-refractivity contribution >= 4 is 37.2 Å². The number of carboxylic acid groups (broad SMARTS) is 1. The molecular weight excluding hydrogens is 326 g/mol. The van der Waals surface area contributed by atoms with E-state index in [0.29, 0.717) is 4.88 Å². The fourth-order valence-electron chi connectivity index (χ4n) is 1.65. The number of hydrogen-bond acceptors (Lipinski definition) is 6. The first kappa shape index (κ1) is 17.1. The van der Waals surface area contributed by atoms with Crippen LogP contribution in [0.2, 0.25) is 0 Å². The van der Waals surface area contributed by atoms with Gasteiger partial charge in [0.05, 0.1) is 10.6 Å². The van der Waals surface area contributed by atoms with Crippen LogP contribution in [0.25, 0.3) is 0 Å². The minimum atomic E-state index is -3.94. The number of nitrogens with one attached hydrogen (secondary N) is 1. The Morgan fingerprint density at radius 1 is 1.40 bits per heavy atom. The van der Waals surface area contributed by atoms with Crippen molar-refractivity contribution in [1.29, 1.82) is 0 Å². The van der Waals surface area contributed by atoms with Crippen molar-refractivity contribution in [2.45, 2.75) is 24.8 Å². The van der Waals surface area contributed by atoms with Gasteiger partial charge in [0.25, 0.3) is 0 Å². The Labute approximate surface area is 121 Å². The van der Waals surface area contributed by atoms with Gasteiger partial charge in [-0.2, -0.15) is 0 Å². The Morgan fingerprint density at radius 2 is 1.95 bits per heavy atom. The van der Waals surface area contributed by atoms with Crippen LogP contribution in [-0.4, -0.2) is 46.0 Å². The van der Waals surface area contributed by atoms with Gasteiger partial charge in [0.15, 0.2) is 0 Å². The molecule has 1 aromatic heterocycles. The molecule has 0 saturated heterocycles. The summed E-state index contributed by atoms with van der Waals surface area (Å²) in [5, 5.41) is 8.84. The van der Waals surface area contributed by atoms with E-state index in [-0.39, 0.29) is 15.5 Å². The van der Waals surface area contributed by atoms with Gasteiger partial charge in [0.1, 0.15) is 14.7 Å². The van der Waals surface area contributed by atoms with Crippen LogP contribution in [0.5, 0.6) is 0 Å². The maximum atomic E-state index is 12.1. The predicted molar refractivity (Wildman–Crippen MR) is 75.5 cm³/mol. The normalized spacial score (nSPS) is 14.2. The lowest BCUT2D eigenvalue weighted by Crippen LogP contribution is -2.37. The van der Waals surface area contributed by atoms with Crippen LogP contribution in [0.15, 0.2) is 11.0 Å². The lowest BCUT2D eigenvalue weighted by atomic mass is 10.4. The van der Waals surface area contributed by atoms with E-state index >= 15 is 0 Å². The molecule has 20 heavy (non-hydrogen) atoms. The minimum Gasteiger partial charge on any atom is -0.477 e. The van der Waals surface area contributed by atoms with Gasteiger partial charge in [0, 0.05) is 17.2 Å². The molecular formula is C10H15NO6S3. The lowest BCUT2D eigenvalue weighted by molar-refractivity contribution is 0.0702. The van der Waals surface area contributed by atoms with Crippen molar-refractivity contribution in [3.63, 3.8) is 0 Å². The molecule has 1 aromatic rings. The van der Waals surface area contributed by atoms with Crippen LogP contribution in [0.3, 0.4) is 0 Å². The molecule has 0 saturated carbocycles. The third-order valence-electron chi connectivity index (χ3n) is 2.28. The van der Waals surface area contributed by atoms with E-state index in [1.54, 1.807) is 0 Å². The molecule has 114 valence electrons. The fraction of sp³-hybridized carbons (Fsp3) is 0.500. The Morgan fingerprint density at radius 3 is 2.35 bits per heavy atom. The molecule has 0 fully saturated rings. The molecule has 0 aliphatic rings. The molecule has 0 aliphatic heterocycles. The van der Waals surface area contributed by atoms with Gasteiger partial charge in [-0.15, -0.1) is 11.3 Å². The van der Waals surface area contributed by atoms with Crippen molar-refractivity contribution in [1.82, 2.24) is 4.72 Å². The molecule has 0 radical (unpaired) electrons. The molecule has 0 aliphatic carbocycles. The summed E-state index contributed by atoms with van der Waals surface area (Å²) in [4.78, 5) is 10.9. The van der Waals surface area contributed by atoms with Gasteiger partial charge < -0.3 is 5.11 Å². The SMILES string of the molecule is Cc1sc(C(=O)O)cc1S(=O)(=O)NC(C)CS(C)(=O)=O. The van der Waals surface area contributed by atoms with Crippen LogP contribution < -0.4 is 4.72 Å². The maximum Gasteiger partial charge on any atom is 0.345 e. The Balaban J connectivity index is 3.03. The smallest absolute Gasteiger partial charge is 0.345 e. The summed E-state index contributed by atoms with van der Waals surface area (Å²) >= 11 is 0.853. The summed E-state index contributed by atoms with van der Waals surface area (Å²) in [6.07, 6.45) is 1.01. The summed E-state index contributed by atoms with van der Waals surface area (Å²) < 4.78 is 48.6. The second kappa shape index (κ2) is 5.80. The molecule has 0 spiro atoms. The molecule has 1 atom stereocenters. The first-order valence-corrected chi connectivity index (χ1v) is 9.82. The molecule has 1 rings (SSSR count). The average Bonchev–Trinajstić information content (AvgIpc) is 2.56. The standard InChI is InChI=1S/C10H15NO6S3/c1-6(5-19(3,14)15)11-20(16,17)9-4-8(10(12)13)18-7(9)2/h4,6,11H,5H2,1-3H3,(H,12,13). The number of hydrogen-bond donors (Lipinski definition) is 2. The summed E-state index contributed by atoms with van der Waals surface area (Å²) in [5.41, 5.74) is 0. The minimum absolute atomic E-state index is 0.0846. The number of carboxylic acids is 1. The van der Waals surface area contributed by atoms with Gasteiger partial charge in [-0.3, -0.25) is 0 Å². The third kappa shape index (κ3) is 4.54. The Bertz CT molecular complexity index is 716. The van der Waals surface area contributed by atoms with Gasteiger partial charge in [-0.1, -0.05) is 0 Å². The predicted octanol–water partition coefficient (Wildman–Crippen LogP) is 0.466. The van der Waals surface area contributed by atoms with E-state index in [2.05, 4.69) is 4.72 Å². The Hall–Kier alpha value is -0.970. The van der Waals surface area contributed by atoms with E-state index in [1.165, 1.54) is 13.8 Å². The highest BCUT2D eigenvalue weighted by Crippen LogP contribution is 2.25. The molecule has 0 amide bonds. The van der Waals surface area contributed by atoms with Gasteiger partial charge in [0.2, 0.25) is 10.0 Å². The van der Waals surface area contributed by atoms with E-state index < -0.39 is 31.9 Å². The van der Waals surface area contributed by atoms with Gasteiger partial charge >= 0.3 is 5.97 Å². The van der Waals surface area contributed by atoms with Gasteiger partial charge in [-0.25, -0.2) is 26.4 Å². The van der Waals surface area contributed by atoms with Crippen molar-refractivity contribution in [2.75, 3.05) is 12.0 Å². The average molecular weight is 341 g/mol. The fourth-order valence-corrected chi connectivity index (χ4v) is 5.42. The summed E-state index contributed by atoms with van der Waals surface area (Å²) in [7, 11) is -7.26. The number of aromatic carboxylic acids is 1. The molecule has 1 unspecified atom stereocenters. The first-order chi connectivity index (χ1) is 8.92. The van der Waals surface area contributed by atoms with Crippen LogP contribution >= 0.6 is 11.3 Å². The largest absolute Gasteiger partial charge is 0.477 e. The zero-order chi connectivity index (χ0) is 15.7. The zero-order valence-electron chi connectivity index (χ0n) is 11.1. The molecule has 0 aromatic carbocycles. The lowest BCUT2D eigenvalue weighted by Gasteiger charge is -2.12. The van der Waals surface area contributed by atoms with E-state index in [0.717, 1.165) is 23.7 Å². The number of carbonyl (C=O) groups is 1. The molecule has 1 heterocycles. The van der Waals surface area contributed by atoms with Crippen molar-refractivity contribution in [3.05, 3.63) is 15.8 Å². The highest BCUT2D eigenvalue weighted by Gasteiger charge is 2.25. The number of sulfone groups is 1. The van der Waals surface area contributed by atoms with Crippen LogP contribution in [0.1, 0.15) is 21.5 Å². The second-order valence-electron chi connectivity index (χ2n) is 4.45. The van der Waals surface area contributed by atoms with Crippen LogP contribution in [0.4, 0.5) is 0 Å². The highest BCUT2D eigenvalue weighted by atomic mass is 32.2. The molecule has 10 heteroatoms. The zero-order valence-corrected chi connectivity index (χ0v) is 13.5. The molecule has 7 nitrogen and oxygen atoms in total. The number of rotatable bonds is 6. The van der Waals surface area contributed by atoms with Crippen LogP contribution in [-0.2, 0) is 19.9 Å². The van der Waals surface area contributed by atoms with Crippen molar-refractivity contribution < 1.29 is 26.7 Å². The number of aryl methyl sites for hydroxylation is 1.